The van der Waals surface area contributed by atoms with Gasteiger partial charge in [0, 0.05) is 0 Å². The highest BCUT2D eigenvalue weighted by atomic mass is 16.9. The minimum Gasteiger partial charge on any atom is -0.398 e. The molecule has 9 heavy (non-hydrogen) atoms. The summed E-state index contributed by atoms with van der Waals surface area (Å²) in [6, 6.07) is 0. The lowest BCUT2D eigenvalue weighted by Gasteiger charge is -2.01. The lowest BCUT2D eigenvalue weighted by atomic mass is 10.8. The molecular formula is C4H3O5. The fourth-order valence-electron chi connectivity index (χ4n) is 0.409. The zero-order valence-corrected chi connectivity index (χ0v) is 4.33. The summed E-state index contributed by atoms with van der Waals surface area (Å²) in [6.45, 7) is -0.281. The van der Waals surface area contributed by atoms with Crippen LogP contribution in [-0.2, 0) is 23.8 Å². The van der Waals surface area contributed by atoms with Gasteiger partial charge in [0.05, 0.1) is 0 Å². The van der Waals surface area contributed by atoms with Gasteiger partial charge < -0.3 is 9.47 Å². The maximum atomic E-state index is 10.2. The van der Waals surface area contributed by atoms with Crippen LogP contribution in [0.4, 0.5) is 0 Å². The minimum absolute atomic E-state index is 0.174. The highest BCUT2D eigenvalue weighted by Crippen LogP contribution is 2.04. The Bertz CT molecular complexity index is 131. The van der Waals surface area contributed by atoms with E-state index >= 15 is 0 Å². The van der Waals surface area contributed by atoms with Crippen LogP contribution >= 0.6 is 0 Å². The molecule has 0 N–H and O–H groups in total. The standard InChI is InChI=1S/C4H3O5/c5-2-8-4-7-1-3(6)9-4/h4H,1H2. The molecule has 0 aromatic carbocycles. The van der Waals surface area contributed by atoms with Gasteiger partial charge in [0.2, 0.25) is 0 Å². The van der Waals surface area contributed by atoms with E-state index in [-0.39, 0.29) is 6.61 Å². The highest BCUT2D eigenvalue weighted by molar-refractivity contribution is 5.72. The first-order valence-electron chi connectivity index (χ1n) is 2.17. The zero-order valence-electron chi connectivity index (χ0n) is 4.33. The molecular weight excluding hydrogens is 128 g/mol. The SMILES string of the molecule is O=[C]OC1OCC(=O)O1. The molecule has 1 saturated heterocycles. The quantitative estimate of drug-likeness (QED) is 0.446. The van der Waals surface area contributed by atoms with Crippen LogP contribution in [0.2, 0.25) is 0 Å². The van der Waals surface area contributed by atoms with Crippen LogP contribution in [-0.4, -0.2) is 25.5 Å². The van der Waals surface area contributed by atoms with E-state index in [4.69, 9.17) is 0 Å². The number of hydrogen-bond acceptors (Lipinski definition) is 5. The third kappa shape index (κ3) is 1.39. The molecule has 0 saturated carbocycles. The number of carbonyl (C=O) groups excluding carboxylic acids is 2. The number of hydrogen-bond donors (Lipinski definition) is 0. The summed E-state index contributed by atoms with van der Waals surface area (Å²) in [6.07, 6.45) is 0. The van der Waals surface area contributed by atoms with E-state index < -0.39 is 12.4 Å². The summed E-state index contributed by atoms with van der Waals surface area (Å²) < 4.78 is 12.7. The van der Waals surface area contributed by atoms with Crippen LogP contribution in [0, 0.1) is 0 Å². The first kappa shape index (κ1) is 6.03. The van der Waals surface area contributed by atoms with E-state index in [1.807, 2.05) is 0 Å². The van der Waals surface area contributed by atoms with Crippen molar-refractivity contribution in [3.8, 4) is 0 Å². The second-order valence-corrected chi connectivity index (χ2v) is 1.29. The van der Waals surface area contributed by atoms with E-state index in [1.165, 1.54) is 0 Å². The third-order valence-corrected chi connectivity index (χ3v) is 0.709. The van der Waals surface area contributed by atoms with Gasteiger partial charge in [-0.1, -0.05) is 0 Å². The molecule has 0 aromatic heterocycles. The maximum absolute atomic E-state index is 10.2. The number of esters is 1. The van der Waals surface area contributed by atoms with Crippen LogP contribution in [0.1, 0.15) is 0 Å². The second kappa shape index (κ2) is 2.45. The number of cyclic esters (lactones) is 1. The van der Waals surface area contributed by atoms with E-state index in [0.29, 0.717) is 0 Å². The Morgan fingerprint density at radius 2 is 2.56 bits per heavy atom. The van der Waals surface area contributed by atoms with Gasteiger partial charge in [-0.3, -0.25) is 4.74 Å². The van der Waals surface area contributed by atoms with Crippen LogP contribution in [0.3, 0.4) is 0 Å². The molecule has 1 aliphatic rings. The maximum Gasteiger partial charge on any atom is 0.422 e. The molecule has 0 spiro atoms. The summed E-state index contributed by atoms with van der Waals surface area (Å²) in [5, 5.41) is 0. The first-order valence-corrected chi connectivity index (χ1v) is 2.17. The lowest BCUT2D eigenvalue weighted by Crippen LogP contribution is -2.11. The van der Waals surface area contributed by atoms with Crippen molar-refractivity contribution in [3.05, 3.63) is 0 Å². The monoisotopic (exact) mass is 131 g/mol. The molecule has 1 atom stereocenters. The van der Waals surface area contributed by atoms with Crippen molar-refractivity contribution in [3.63, 3.8) is 0 Å². The normalized spacial score (nSPS) is 25.3. The van der Waals surface area contributed by atoms with Crippen LogP contribution in [0.5, 0.6) is 0 Å². The third-order valence-electron chi connectivity index (χ3n) is 0.709. The summed E-state index contributed by atoms with van der Waals surface area (Å²) in [5.74, 6) is -0.546. The van der Waals surface area contributed by atoms with E-state index in [1.54, 1.807) is 0 Å². The Morgan fingerprint density at radius 1 is 1.78 bits per heavy atom. The van der Waals surface area contributed by atoms with E-state index in [0.717, 1.165) is 6.47 Å². The Balaban J connectivity index is 2.29. The Hall–Kier alpha value is -1.10. The summed E-state index contributed by atoms with van der Waals surface area (Å²) >= 11 is 0. The van der Waals surface area contributed by atoms with Gasteiger partial charge in [-0.25, -0.2) is 9.59 Å². The molecule has 1 rings (SSSR count). The molecule has 0 aliphatic carbocycles. The van der Waals surface area contributed by atoms with Crippen LogP contribution in [0.15, 0.2) is 0 Å². The molecule has 0 bridgehead atoms. The number of carbonyl (C=O) groups is 1. The molecule has 5 heteroatoms. The minimum atomic E-state index is -1.19. The van der Waals surface area contributed by atoms with Gasteiger partial charge in [0.25, 0.3) is 0 Å². The van der Waals surface area contributed by atoms with Gasteiger partial charge in [0.15, 0.2) is 6.61 Å². The molecule has 49 valence electrons. The van der Waals surface area contributed by atoms with Crippen molar-refractivity contribution in [2.75, 3.05) is 6.61 Å². The van der Waals surface area contributed by atoms with E-state index in [2.05, 4.69) is 14.2 Å². The first-order chi connectivity index (χ1) is 4.33. The molecule has 1 aliphatic heterocycles. The van der Waals surface area contributed by atoms with Gasteiger partial charge in [-0.2, -0.15) is 0 Å². The number of rotatable bonds is 2. The van der Waals surface area contributed by atoms with Crippen molar-refractivity contribution < 1.29 is 23.8 Å². The molecule has 0 amide bonds. The Morgan fingerprint density at radius 3 is 3.00 bits per heavy atom. The van der Waals surface area contributed by atoms with Gasteiger partial charge >= 0.3 is 18.9 Å². The average Bonchev–Trinajstić information content (AvgIpc) is 2.17. The largest absolute Gasteiger partial charge is 0.422 e. The summed E-state index contributed by atoms with van der Waals surface area (Å²) in [5.41, 5.74) is 0. The van der Waals surface area contributed by atoms with Crippen molar-refractivity contribution in [1.82, 2.24) is 0 Å². The summed E-state index contributed by atoms with van der Waals surface area (Å²) in [7, 11) is 0. The molecule has 0 aromatic rings. The molecule has 1 unspecified atom stereocenters. The topological polar surface area (TPSA) is 61.8 Å². The number of ether oxygens (including phenoxy) is 3. The van der Waals surface area contributed by atoms with Crippen LogP contribution < -0.4 is 0 Å². The Kier molecular flexibility index (Phi) is 1.64. The average molecular weight is 131 g/mol. The predicted octanol–water partition coefficient (Wildman–Crippen LogP) is -1.07. The van der Waals surface area contributed by atoms with Crippen molar-refractivity contribution in [2.45, 2.75) is 6.48 Å². The lowest BCUT2D eigenvalue weighted by molar-refractivity contribution is -0.190. The molecule has 1 heterocycles. The van der Waals surface area contributed by atoms with Gasteiger partial charge in [0.1, 0.15) is 0 Å². The Labute approximate surface area is 50.5 Å². The van der Waals surface area contributed by atoms with Crippen LogP contribution in [0.25, 0.3) is 0 Å². The zero-order chi connectivity index (χ0) is 6.69. The van der Waals surface area contributed by atoms with Crippen molar-refractivity contribution >= 4 is 12.4 Å². The fraction of sp³-hybridized carbons (Fsp3) is 0.500. The van der Waals surface area contributed by atoms with Crippen molar-refractivity contribution in [1.29, 1.82) is 0 Å². The van der Waals surface area contributed by atoms with Gasteiger partial charge in [-0.15, -0.1) is 0 Å². The van der Waals surface area contributed by atoms with E-state index in [9.17, 15) is 9.59 Å². The molecule has 1 radical (unpaired) electrons. The fourth-order valence-corrected chi connectivity index (χ4v) is 0.409. The smallest absolute Gasteiger partial charge is 0.398 e. The molecule has 1 fully saturated rings. The van der Waals surface area contributed by atoms with Gasteiger partial charge in [-0.05, 0) is 0 Å². The second-order valence-electron chi connectivity index (χ2n) is 1.29. The summed E-state index contributed by atoms with van der Waals surface area (Å²) in [4.78, 5) is 19.6. The predicted molar refractivity (Wildman–Crippen MR) is 22.6 cm³/mol. The highest BCUT2D eigenvalue weighted by Gasteiger charge is 2.24. The molecule has 5 nitrogen and oxygen atoms in total. The van der Waals surface area contributed by atoms with Crippen molar-refractivity contribution in [2.24, 2.45) is 0 Å².